The molecule has 0 spiro atoms. The van der Waals surface area contributed by atoms with Crippen LogP contribution in [0, 0.1) is 0 Å². The largest absolute Gasteiger partial charge is 0.466 e. The topological polar surface area (TPSA) is 96.7 Å². The Kier molecular flexibility index (Phi) is 6.04. The van der Waals surface area contributed by atoms with E-state index in [-0.39, 0.29) is 47.4 Å². The van der Waals surface area contributed by atoms with Gasteiger partial charge in [0.25, 0.3) is 5.91 Å². The standard InChI is InChI=1S/C18H16ClF3N4O4/c1-30-17(29)12-9-25(4-5-27)16(28)15(12)24-13-6-10(18(20,21)22)2-3-14(13)26-8-11(19)7-23-26/h2-3,6-8,24,27H,4-5,9H2,1H3. The van der Waals surface area contributed by atoms with Gasteiger partial charge in [0.05, 0.1) is 54.0 Å². The Morgan fingerprint density at radius 3 is 2.70 bits per heavy atom. The Labute approximate surface area is 173 Å². The molecule has 0 atom stereocenters. The summed E-state index contributed by atoms with van der Waals surface area (Å²) in [4.78, 5) is 26.0. The lowest BCUT2D eigenvalue weighted by atomic mass is 10.1. The molecule has 1 aromatic carbocycles. The molecule has 0 saturated heterocycles. The van der Waals surface area contributed by atoms with E-state index in [0.29, 0.717) is 0 Å². The first-order chi connectivity index (χ1) is 14.2. The van der Waals surface area contributed by atoms with Crippen LogP contribution < -0.4 is 5.32 Å². The summed E-state index contributed by atoms with van der Waals surface area (Å²) < 4.78 is 45.7. The molecule has 2 heterocycles. The van der Waals surface area contributed by atoms with Gasteiger partial charge in [-0.15, -0.1) is 0 Å². The highest BCUT2D eigenvalue weighted by molar-refractivity contribution is 6.30. The van der Waals surface area contributed by atoms with Gasteiger partial charge in [-0.25, -0.2) is 9.48 Å². The summed E-state index contributed by atoms with van der Waals surface area (Å²) in [6.45, 7) is -0.570. The molecule has 1 amide bonds. The molecule has 0 fully saturated rings. The molecule has 0 aliphatic carbocycles. The number of aliphatic hydroxyl groups is 1. The number of carbonyl (C=O) groups is 2. The first-order valence-electron chi connectivity index (χ1n) is 8.56. The van der Waals surface area contributed by atoms with E-state index in [2.05, 4.69) is 15.2 Å². The minimum atomic E-state index is -4.64. The van der Waals surface area contributed by atoms with Crippen molar-refractivity contribution in [2.75, 3.05) is 32.1 Å². The van der Waals surface area contributed by atoms with Crippen molar-refractivity contribution in [2.45, 2.75) is 6.18 Å². The van der Waals surface area contributed by atoms with Crippen molar-refractivity contribution in [3.8, 4) is 5.69 Å². The minimum absolute atomic E-state index is 0.0608. The maximum atomic E-state index is 13.3. The van der Waals surface area contributed by atoms with Crippen molar-refractivity contribution in [3.05, 3.63) is 52.4 Å². The Hall–Kier alpha value is -3.05. The van der Waals surface area contributed by atoms with E-state index in [1.807, 2.05) is 0 Å². The zero-order valence-corrected chi connectivity index (χ0v) is 16.3. The van der Waals surface area contributed by atoms with Gasteiger partial charge in [0, 0.05) is 12.7 Å². The minimum Gasteiger partial charge on any atom is -0.466 e. The molecule has 12 heteroatoms. The summed E-state index contributed by atoms with van der Waals surface area (Å²) in [5.41, 5.74) is -1.24. The van der Waals surface area contributed by atoms with Crippen LogP contribution in [0.25, 0.3) is 5.69 Å². The van der Waals surface area contributed by atoms with Crippen LogP contribution in [0.2, 0.25) is 5.02 Å². The number of aliphatic hydroxyl groups excluding tert-OH is 1. The Morgan fingerprint density at radius 1 is 1.40 bits per heavy atom. The van der Waals surface area contributed by atoms with E-state index in [1.165, 1.54) is 22.0 Å². The van der Waals surface area contributed by atoms with Crippen molar-refractivity contribution < 1.29 is 32.6 Å². The predicted octanol–water partition coefficient (Wildman–Crippen LogP) is 2.22. The van der Waals surface area contributed by atoms with Crippen molar-refractivity contribution in [2.24, 2.45) is 0 Å². The lowest BCUT2D eigenvalue weighted by Gasteiger charge is -2.17. The fourth-order valence-corrected chi connectivity index (χ4v) is 3.06. The van der Waals surface area contributed by atoms with Gasteiger partial charge in [0.15, 0.2) is 0 Å². The molecule has 2 N–H and O–H groups in total. The number of hydrogen-bond acceptors (Lipinski definition) is 6. The van der Waals surface area contributed by atoms with Crippen LogP contribution in [0.4, 0.5) is 18.9 Å². The van der Waals surface area contributed by atoms with Crippen molar-refractivity contribution >= 4 is 29.2 Å². The highest BCUT2D eigenvalue weighted by atomic mass is 35.5. The summed E-state index contributed by atoms with van der Waals surface area (Å²) >= 11 is 5.86. The molecule has 30 heavy (non-hydrogen) atoms. The summed E-state index contributed by atoms with van der Waals surface area (Å²) in [5.74, 6) is -1.48. The summed E-state index contributed by atoms with van der Waals surface area (Å²) in [5, 5.41) is 16.0. The maximum Gasteiger partial charge on any atom is 0.416 e. The first kappa shape index (κ1) is 21.7. The predicted molar refractivity (Wildman–Crippen MR) is 99.9 cm³/mol. The number of benzene rings is 1. The number of methoxy groups -OCH3 is 1. The maximum absolute atomic E-state index is 13.3. The number of carbonyl (C=O) groups excluding carboxylic acids is 2. The fourth-order valence-electron chi connectivity index (χ4n) is 2.93. The molecule has 1 aromatic heterocycles. The van der Waals surface area contributed by atoms with Crippen LogP contribution in [-0.4, -0.2) is 58.5 Å². The van der Waals surface area contributed by atoms with Crippen LogP contribution in [0.15, 0.2) is 41.9 Å². The number of anilines is 1. The number of esters is 1. The van der Waals surface area contributed by atoms with Gasteiger partial charge in [-0.3, -0.25) is 4.79 Å². The molecule has 1 aliphatic rings. The number of β-amino-alcohol motifs (C(OH)–C–C–N with tert-alkyl or cyclic N) is 1. The lowest BCUT2D eigenvalue weighted by molar-refractivity contribution is -0.138. The van der Waals surface area contributed by atoms with Gasteiger partial charge < -0.3 is 20.1 Å². The van der Waals surface area contributed by atoms with E-state index < -0.39 is 23.6 Å². The van der Waals surface area contributed by atoms with Crippen LogP contribution in [0.1, 0.15) is 5.56 Å². The highest BCUT2D eigenvalue weighted by Crippen LogP contribution is 2.35. The molecule has 0 unspecified atom stereocenters. The van der Waals surface area contributed by atoms with E-state index in [1.54, 1.807) is 0 Å². The molecule has 0 saturated carbocycles. The third-order valence-corrected chi connectivity index (χ3v) is 4.53. The van der Waals surface area contributed by atoms with Crippen molar-refractivity contribution in [1.29, 1.82) is 0 Å². The second kappa shape index (κ2) is 8.36. The van der Waals surface area contributed by atoms with Crippen LogP contribution in [-0.2, 0) is 20.5 Å². The van der Waals surface area contributed by atoms with Crippen LogP contribution >= 0.6 is 11.6 Å². The lowest BCUT2D eigenvalue weighted by Crippen LogP contribution is -2.31. The SMILES string of the molecule is COC(=O)C1=C(Nc2cc(C(F)(F)F)ccc2-n2cc(Cl)cn2)C(=O)N(CCO)C1. The molecular weight excluding hydrogens is 429 g/mol. The van der Waals surface area contributed by atoms with Gasteiger partial charge in [-0.1, -0.05) is 11.6 Å². The number of nitrogens with zero attached hydrogens (tertiary/aromatic N) is 3. The number of alkyl halides is 3. The number of hydrogen-bond donors (Lipinski definition) is 2. The van der Waals surface area contributed by atoms with Gasteiger partial charge in [-0.05, 0) is 18.2 Å². The normalized spacial score (nSPS) is 14.5. The quantitative estimate of drug-likeness (QED) is 0.663. The third kappa shape index (κ3) is 4.26. The van der Waals surface area contributed by atoms with Gasteiger partial charge in [0.1, 0.15) is 5.70 Å². The Bertz CT molecular complexity index is 1020. The average molecular weight is 445 g/mol. The monoisotopic (exact) mass is 444 g/mol. The number of aromatic nitrogens is 2. The highest BCUT2D eigenvalue weighted by Gasteiger charge is 2.36. The molecule has 1 aliphatic heterocycles. The Balaban J connectivity index is 2.10. The second-order valence-corrected chi connectivity index (χ2v) is 6.69. The second-order valence-electron chi connectivity index (χ2n) is 6.25. The number of ether oxygens (including phenoxy) is 1. The molecular formula is C18H16ClF3N4O4. The smallest absolute Gasteiger partial charge is 0.416 e. The number of rotatable bonds is 6. The average Bonchev–Trinajstić information content (AvgIpc) is 3.25. The van der Waals surface area contributed by atoms with E-state index in [0.717, 1.165) is 25.3 Å². The molecule has 0 radical (unpaired) electrons. The summed E-state index contributed by atoms with van der Waals surface area (Å²) in [6, 6.07) is 2.83. The van der Waals surface area contributed by atoms with E-state index in [9.17, 15) is 22.8 Å². The molecule has 160 valence electrons. The van der Waals surface area contributed by atoms with E-state index in [4.69, 9.17) is 16.7 Å². The molecule has 2 aromatic rings. The zero-order valence-electron chi connectivity index (χ0n) is 15.5. The van der Waals surface area contributed by atoms with Gasteiger partial charge >= 0.3 is 12.1 Å². The zero-order chi connectivity index (χ0) is 22.1. The summed E-state index contributed by atoms with van der Waals surface area (Å²) in [6.07, 6.45) is -1.97. The molecule has 8 nitrogen and oxygen atoms in total. The Morgan fingerprint density at radius 2 is 2.13 bits per heavy atom. The van der Waals surface area contributed by atoms with Crippen LogP contribution in [0.5, 0.6) is 0 Å². The number of nitrogens with one attached hydrogen (secondary N) is 1. The summed E-state index contributed by atoms with van der Waals surface area (Å²) in [7, 11) is 1.12. The number of amides is 1. The van der Waals surface area contributed by atoms with E-state index >= 15 is 0 Å². The fraction of sp³-hybridized carbons (Fsp3) is 0.278. The molecule has 3 rings (SSSR count). The van der Waals surface area contributed by atoms with Gasteiger partial charge in [0.2, 0.25) is 0 Å². The third-order valence-electron chi connectivity index (χ3n) is 4.33. The van der Waals surface area contributed by atoms with Gasteiger partial charge in [-0.2, -0.15) is 18.3 Å². The number of halogens is 4. The first-order valence-corrected chi connectivity index (χ1v) is 8.94. The molecule has 0 bridgehead atoms. The van der Waals surface area contributed by atoms with Crippen molar-refractivity contribution in [1.82, 2.24) is 14.7 Å². The van der Waals surface area contributed by atoms with Crippen LogP contribution in [0.3, 0.4) is 0 Å². The van der Waals surface area contributed by atoms with Crippen molar-refractivity contribution in [3.63, 3.8) is 0 Å².